The van der Waals surface area contributed by atoms with Gasteiger partial charge in [0, 0.05) is 0 Å². The Hall–Kier alpha value is -2.12. The van der Waals surface area contributed by atoms with E-state index in [1.54, 1.807) is 0 Å². The Morgan fingerprint density at radius 3 is 1.94 bits per heavy atom. The second-order valence-electron chi connectivity index (χ2n) is 2.96. The molecule has 0 spiro atoms. The number of halogens is 5. The highest BCUT2D eigenvalue weighted by atomic mass is 19.2. The highest BCUT2D eigenvalue weighted by Gasteiger charge is 2.26. The third kappa shape index (κ3) is 2.58. The molecule has 0 saturated carbocycles. The molecule has 1 aromatic carbocycles. The summed E-state index contributed by atoms with van der Waals surface area (Å²) in [4.78, 5) is 10.9. The van der Waals surface area contributed by atoms with Gasteiger partial charge < -0.3 is 4.74 Å². The van der Waals surface area contributed by atoms with Crippen LogP contribution in [0.4, 0.5) is 32.4 Å². The molecule has 0 aromatic heterocycles. The number of anilines is 1. The van der Waals surface area contributed by atoms with Crippen molar-refractivity contribution in [2.24, 2.45) is 0 Å². The Morgan fingerprint density at radius 2 is 1.50 bits per heavy atom. The predicted molar refractivity (Wildman–Crippen MR) is 51.4 cm³/mol. The van der Waals surface area contributed by atoms with Crippen LogP contribution in [-0.2, 0) is 4.74 Å². The normalized spacial score (nSPS) is 10.1. The minimum absolute atomic E-state index is 0.290. The molecule has 0 fully saturated rings. The van der Waals surface area contributed by atoms with E-state index in [2.05, 4.69) is 11.3 Å². The number of rotatable bonds is 3. The monoisotopic (exact) mass is 267 g/mol. The lowest BCUT2D eigenvalue weighted by Gasteiger charge is -2.09. The van der Waals surface area contributed by atoms with Crippen molar-refractivity contribution in [1.82, 2.24) is 0 Å². The Morgan fingerprint density at radius 1 is 1.06 bits per heavy atom. The van der Waals surface area contributed by atoms with Crippen LogP contribution in [0.1, 0.15) is 0 Å². The number of hydrogen-bond acceptors (Lipinski definition) is 2. The van der Waals surface area contributed by atoms with Gasteiger partial charge >= 0.3 is 6.09 Å². The third-order valence-electron chi connectivity index (χ3n) is 1.77. The van der Waals surface area contributed by atoms with Gasteiger partial charge in [0.15, 0.2) is 23.3 Å². The van der Waals surface area contributed by atoms with Crippen molar-refractivity contribution in [3.63, 3.8) is 0 Å². The van der Waals surface area contributed by atoms with E-state index in [1.807, 2.05) is 0 Å². The first kappa shape index (κ1) is 13.9. The van der Waals surface area contributed by atoms with E-state index < -0.39 is 40.9 Å². The maximum atomic E-state index is 13.1. The standard InChI is InChI=1S/C10H6F5NO2/c1-2-3-18-10(17)16-9-7(14)5(12)4(11)6(13)8(9)15/h2H,1,3H2,(H,16,17). The van der Waals surface area contributed by atoms with Gasteiger partial charge in [0.2, 0.25) is 5.82 Å². The molecule has 0 unspecified atom stereocenters. The van der Waals surface area contributed by atoms with E-state index in [0.717, 1.165) is 6.08 Å². The SMILES string of the molecule is C=CCOC(=O)Nc1c(F)c(F)c(F)c(F)c1F. The largest absolute Gasteiger partial charge is 0.445 e. The fourth-order valence-corrected chi connectivity index (χ4v) is 0.987. The quantitative estimate of drug-likeness (QED) is 0.395. The van der Waals surface area contributed by atoms with Gasteiger partial charge in [-0.25, -0.2) is 26.7 Å². The number of carbonyl (C=O) groups is 1. The summed E-state index contributed by atoms with van der Waals surface area (Å²) in [5, 5.41) is 1.42. The molecule has 0 bridgehead atoms. The van der Waals surface area contributed by atoms with Crippen molar-refractivity contribution in [3.05, 3.63) is 41.7 Å². The lowest BCUT2D eigenvalue weighted by molar-refractivity contribution is 0.174. The van der Waals surface area contributed by atoms with Crippen molar-refractivity contribution in [3.8, 4) is 0 Å². The zero-order valence-corrected chi connectivity index (χ0v) is 8.70. The molecule has 0 saturated heterocycles. The Balaban J connectivity index is 3.10. The third-order valence-corrected chi connectivity index (χ3v) is 1.77. The number of ether oxygens (including phenoxy) is 1. The summed E-state index contributed by atoms with van der Waals surface area (Å²) in [6, 6.07) is 0. The summed E-state index contributed by atoms with van der Waals surface area (Å²) in [5.74, 6) is -10.9. The molecule has 0 radical (unpaired) electrons. The highest BCUT2D eigenvalue weighted by molar-refractivity contribution is 5.85. The van der Waals surface area contributed by atoms with Crippen LogP contribution in [0.5, 0.6) is 0 Å². The minimum atomic E-state index is -2.31. The van der Waals surface area contributed by atoms with Crippen molar-refractivity contribution in [2.45, 2.75) is 0 Å². The molecular weight excluding hydrogens is 261 g/mol. The molecule has 3 nitrogen and oxygen atoms in total. The topological polar surface area (TPSA) is 38.3 Å². The Labute approximate surface area is 97.9 Å². The van der Waals surface area contributed by atoms with E-state index in [-0.39, 0.29) is 6.61 Å². The first-order chi connectivity index (χ1) is 8.40. The van der Waals surface area contributed by atoms with Gasteiger partial charge in [0.25, 0.3) is 0 Å². The summed E-state index contributed by atoms with van der Waals surface area (Å²) in [5.41, 5.74) is -1.47. The lowest BCUT2D eigenvalue weighted by Crippen LogP contribution is -2.18. The number of nitrogens with one attached hydrogen (secondary N) is 1. The van der Waals surface area contributed by atoms with Gasteiger partial charge in [-0.15, -0.1) is 0 Å². The molecule has 1 aromatic rings. The second-order valence-corrected chi connectivity index (χ2v) is 2.96. The van der Waals surface area contributed by atoms with Crippen LogP contribution in [0.15, 0.2) is 12.7 Å². The van der Waals surface area contributed by atoms with Gasteiger partial charge in [0.1, 0.15) is 12.3 Å². The van der Waals surface area contributed by atoms with Crippen LogP contribution >= 0.6 is 0 Å². The molecule has 8 heteroatoms. The molecule has 1 amide bonds. The summed E-state index contributed by atoms with van der Waals surface area (Å²) < 4.78 is 68.5. The Bertz CT molecular complexity index is 475. The molecule has 0 heterocycles. The van der Waals surface area contributed by atoms with Gasteiger partial charge in [-0.05, 0) is 0 Å². The molecule has 18 heavy (non-hydrogen) atoms. The first-order valence-corrected chi connectivity index (χ1v) is 4.46. The van der Waals surface area contributed by atoms with Crippen molar-refractivity contribution in [1.29, 1.82) is 0 Å². The first-order valence-electron chi connectivity index (χ1n) is 4.46. The molecule has 1 rings (SSSR count). The maximum Gasteiger partial charge on any atom is 0.412 e. The molecule has 1 N–H and O–H groups in total. The van der Waals surface area contributed by atoms with Gasteiger partial charge in [-0.1, -0.05) is 12.7 Å². The van der Waals surface area contributed by atoms with Crippen LogP contribution < -0.4 is 5.32 Å². The van der Waals surface area contributed by atoms with Gasteiger partial charge in [-0.2, -0.15) is 0 Å². The number of hydrogen-bond donors (Lipinski definition) is 1. The van der Waals surface area contributed by atoms with Crippen LogP contribution in [-0.4, -0.2) is 12.7 Å². The van der Waals surface area contributed by atoms with Crippen molar-refractivity contribution in [2.75, 3.05) is 11.9 Å². The fraction of sp³-hybridized carbons (Fsp3) is 0.100. The van der Waals surface area contributed by atoms with E-state index in [1.165, 1.54) is 5.32 Å². The van der Waals surface area contributed by atoms with Gasteiger partial charge in [0.05, 0.1) is 0 Å². The minimum Gasteiger partial charge on any atom is -0.445 e. The van der Waals surface area contributed by atoms with Gasteiger partial charge in [-0.3, -0.25) is 5.32 Å². The summed E-state index contributed by atoms with van der Waals surface area (Å²) in [7, 11) is 0. The van der Waals surface area contributed by atoms with Crippen LogP contribution in [0.2, 0.25) is 0 Å². The number of amides is 1. The lowest BCUT2D eigenvalue weighted by atomic mass is 10.2. The smallest absolute Gasteiger partial charge is 0.412 e. The number of benzene rings is 1. The molecular formula is C10H6F5NO2. The molecule has 0 atom stereocenters. The van der Waals surface area contributed by atoms with E-state index in [9.17, 15) is 26.7 Å². The molecule has 98 valence electrons. The molecule has 0 aliphatic carbocycles. The molecule has 0 aliphatic rings. The maximum absolute atomic E-state index is 13.1. The second kappa shape index (κ2) is 5.48. The van der Waals surface area contributed by atoms with Crippen molar-refractivity contribution >= 4 is 11.8 Å². The van der Waals surface area contributed by atoms with Crippen LogP contribution in [0.3, 0.4) is 0 Å². The average Bonchev–Trinajstić information content (AvgIpc) is 2.36. The van der Waals surface area contributed by atoms with Crippen LogP contribution in [0, 0.1) is 29.1 Å². The van der Waals surface area contributed by atoms with E-state index >= 15 is 0 Å². The Kier molecular flexibility index (Phi) is 4.24. The van der Waals surface area contributed by atoms with E-state index in [4.69, 9.17) is 0 Å². The number of carbonyl (C=O) groups excluding carboxylic acids is 1. The summed E-state index contributed by atoms with van der Waals surface area (Å²) in [6.07, 6.45) is -0.226. The van der Waals surface area contributed by atoms with Crippen molar-refractivity contribution < 1.29 is 31.5 Å². The highest BCUT2D eigenvalue weighted by Crippen LogP contribution is 2.27. The fourth-order valence-electron chi connectivity index (χ4n) is 0.987. The summed E-state index contributed by atoms with van der Waals surface area (Å²) in [6.45, 7) is 2.90. The zero-order chi connectivity index (χ0) is 13.9. The average molecular weight is 267 g/mol. The summed E-state index contributed by atoms with van der Waals surface area (Å²) >= 11 is 0. The predicted octanol–water partition coefficient (Wildman–Crippen LogP) is 3.12. The van der Waals surface area contributed by atoms with Crippen LogP contribution in [0.25, 0.3) is 0 Å². The zero-order valence-electron chi connectivity index (χ0n) is 8.70. The molecule has 0 aliphatic heterocycles. The van der Waals surface area contributed by atoms with E-state index in [0.29, 0.717) is 0 Å².